The number of aliphatic imine (C=N–C) groups is 2. The highest BCUT2D eigenvalue weighted by Gasteiger charge is 2.46. The van der Waals surface area contributed by atoms with Gasteiger partial charge in [0.15, 0.2) is 5.78 Å². The molecular weight excluding hydrogens is 422 g/mol. The van der Waals surface area contributed by atoms with Gasteiger partial charge in [-0.15, -0.1) is 0 Å². The van der Waals surface area contributed by atoms with Crippen LogP contribution in [-0.4, -0.2) is 33.2 Å². The van der Waals surface area contributed by atoms with E-state index in [9.17, 15) is 4.79 Å². The van der Waals surface area contributed by atoms with Gasteiger partial charge in [0.1, 0.15) is 11.6 Å². The highest BCUT2D eigenvalue weighted by molar-refractivity contribution is 6.20. The number of ketones is 1. The molecule has 1 saturated heterocycles. The van der Waals surface area contributed by atoms with Crippen LogP contribution in [0.4, 0.5) is 0 Å². The smallest absolute Gasteiger partial charge is 0.170 e. The second-order valence-electron chi connectivity index (χ2n) is 9.67. The third kappa shape index (κ3) is 3.25. The second kappa shape index (κ2) is 7.22. The maximum absolute atomic E-state index is 13.4. The Labute approximate surface area is 197 Å². The number of carbonyl (C=O) groups is 1. The van der Waals surface area contributed by atoms with Crippen molar-refractivity contribution >= 4 is 29.4 Å². The van der Waals surface area contributed by atoms with Crippen molar-refractivity contribution in [2.24, 2.45) is 15.4 Å². The molecule has 0 saturated carbocycles. The number of aromatic amines is 1. The predicted molar refractivity (Wildman–Crippen MR) is 135 cm³/mol. The van der Waals surface area contributed by atoms with Crippen LogP contribution in [0.5, 0.6) is 0 Å². The molecule has 4 aliphatic heterocycles. The van der Waals surface area contributed by atoms with E-state index in [4.69, 9.17) is 9.98 Å². The Morgan fingerprint density at radius 2 is 1.79 bits per heavy atom. The van der Waals surface area contributed by atoms with Gasteiger partial charge in [-0.3, -0.25) is 14.8 Å². The number of hydrogen-bond acceptors (Lipinski definition) is 5. The Bertz CT molecular complexity index is 1540. The summed E-state index contributed by atoms with van der Waals surface area (Å²) < 4.78 is 0. The molecule has 6 nitrogen and oxygen atoms in total. The summed E-state index contributed by atoms with van der Waals surface area (Å²) in [4.78, 5) is 31.0. The number of hydrogen-bond donors (Lipinski definition) is 2. The summed E-state index contributed by atoms with van der Waals surface area (Å²) in [5.74, 6) is 0.115. The van der Waals surface area contributed by atoms with E-state index in [0.29, 0.717) is 0 Å². The monoisotopic (exact) mass is 447 g/mol. The average Bonchev–Trinajstić information content (AvgIpc) is 3.56. The maximum atomic E-state index is 13.4. The van der Waals surface area contributed by atoms with E-state index in [0.717, 1.165) is 44.6 Å². The van der Waals surface area contributed by atoms with Gasteiger partial charge in [-0.25, -0.2) is 4.99 Å². The Kier molecular flexibility index (Phi) is 4.36. The van der Waals surface area contributed by atoms with E-state index >= 15 is 0 Å². The van der Waals surface area contributed by atoms with Gasteiger partial charge in [-0.05, 0) is 98.7 Å². The SMILES string of the molecule is Cc1cnccc1C12C=CC(=N1)C=c1ccc([nH]1)=CC1=NC(=CC3NC(=C2)C(C)(C)C3=O)C=C1. The molecule has 6 heterocycles. The van der Waals surface area contributed by atoms with Gasteiger partial charge in [0, 0.05) is 28.8 Å². The molecule has 34 heavy (non-hydrogen) atoms. The van der Waals surface area contributed by atoms with Crippen molar-refractivity contribution in [3.8, 4) is 0 Å². The Balaban J connectivity index is 1.62. The average molecular weight is 448 g/mol. The zero-order chi connectivity index (χ0) is 23.5. The molecule has 2 unspecified atom stereocenters. The lowest BCUT2D eigenvalue weighted by molar-refractivity contribution is -0.123. The highest BCUT2D eigenvalue weighted by atomic mass is 16.1. The molecule has 0 aromatic carbocycles. The number of pyridine rings is 1. The third-order valence-electron chi connectivity index (χ3n) is 6.88. The van der Waals surface area contributed by atoms with Crippen molar-refractivity contribution in [1.29, 1.82) is 0 Å². The number of fused-ring (bicyclic) bond motifs is 6. The molecule has 8 bridgehead atoms. The molecule has 2 aromatic heterocycles. The van der Waals surface area contributed by atoms with Gasteiger partial charge >= 0.3 is 0 Å². The Morgan fingerprint density at radius 3 is 2.59 bits per heavy atom. The fourth-order valence-corrected chi connectivity index (χ4v) is 4.96. The number of aryl methyl sites for hydroxylation is 1. The van der Waals surface area contributed by atoms with Crippen LogP contribution in [0.15, 0.2) is 88.4 Å². The van der Waals surface area contributed by atoms with Crippen LogP contribution in [0.1, 0.15) is 25.0 Å². The Hall–Kier alpha value is -4.06. The molecule has 0 radical (unpaired) electrons. The largest absolute Gasteiger partial charge is 0.375 e. The number of carbonyl (C=O) groups excluding carboxylic acids is 1. The quantitative estimate of drug-likeness (QED) is 0.705. The number of Topliss-reactive ketones (excluding diaryl/α,β-unsaturated/α-hetero) is 1. The normalized spacial score (nSPS) is 26.2. The molecule has 2 aromatic rings. The van der Waals surface area contributed by atoms with E-state index < -0.39 is 17.0 Å². The highest BCUT2D eigenvalue weighted by Crippen LogP contribution is 2.41. The summed E-state index contributed by atoms with van der Waals surface area (Å²) in [5.41, 5.74) is 3.99. The fourth-order valence-electron chi connectivity index (χ4n) is 4.96. The summed E-state index contributed by atoms with van der Waals surface area (Å²) in [5, 5.41) is 5.40. The van der Waals surface area contributed by atoms with Crippen molar-refractivity contribution in [2.75, 3.05) is 0 Å². The summed E-state index contributed by atoms with van der Waals surface area (Å²) >= 11 is 0. The van der Waals surface area contributed by atoms with Crippen LogP contribution in [0.2, 0.25) is 0 Å². The number of nitrogens with zero attached hydrogens (tertiary/aromatic N) is 3. The zero-order valence-electron chi connectivity index (χ0n) is 19.3. The summed E-state index contributed by atoms with van der Waals surface area (Å²) in [7, 11) is 0. The molecule has 0 aliphatic carbocycles. The predicted octanol–water partition coefficient (Wildman–Crippen LogP) is 2.54. The third-order valence-corrected chi connectivity index (χ3v) is 6.88. The van der Waals surface area contributed by atoms with E-state index in [1.807, 2.05) is 81.6 Å². The first kappa shape index (κ1) is 20.5. The van der Waals surface area contributed by atoms with Crippen molar-refractivity contribution in [3.63, 3.8) is 0 Å². The first-order valence-corrected chi connectivity index (χ1v) is 11.4. The van der Waals surface area contributed by atoms with Crippen LogP contribution in [0.25, 0.3) is 12.2 Å². The molecule has 2 N–H and O–H groups in total. The van der Waals surface area contributed by atoms with Crippen LogP contribution in [-0.2, 0) is 10.3 Å². The Morgan fingerprint density at radius 1 is 1.00 bits per heavy atom. The second-order valence-corrected chi connectivity index (χ2v) is 9.67. The van der Waals surface area contributed by atoms with Gasteiger partial charge < -0.3 is 10.3 Å². The first-order valence-electron chi connectivity index (χ1n) is 11.4. The molecule has 0 amide bonds. The molecule has 1 fully saturated rings. The molecule has 6 rings (SSSR count). The molecule has 2 atom stereocenters. The van der Waals surface area contributed by atoms with Gasteiger partial charge in [0.05, 0.1) is 22.5 Å². The lowest BCUT2D eigenvalue weighted by Crippen LogP contribution is -2.27. The summed E-state index contributed by atoms with van der Waals surface area (Å²) in [6.07, 6.45) is 19.7. The van der Waals surface area contributed by atoms with Gasteiger partial charge in [0.25, 0.3) is 0 Å². The number of allylic oxidation sites excluding steroid dienone is 4. The lowest BCUT2D eigenvalue weighted by atomic mass is 9.81. The minimum Gasteiger partial charge on any atom is -0.375 e. The molecule has 4 aliphatic rings. The first-order chi connectivity index (χ1) is 16.3. The van der Waals surface area contributed by atoms with Gasteiger partial charge in [0.2, 0.25) is 0 Å². The minimum atomic E-state index is -0.738. The van der Waals surface area contributed by atoms with Gasteiger partial charge in [-0.1, -0.05) is 0 Å². The summed E-state index contributed by atoms with van der Waals surface area (Å²) in [6.45, 7) is 5.98. The van der Waals surface area contributed by atoms with Crippen molar-refractivity contribution in [2.45, 2.75) is 32.4 Å². The van der Waals surface area contributed by atoms with Crippen molar-refractivity contribution in [1.82, 2.24) is 15.3 Å². The maximum Gasteiger partial charge on any atom is 0.170 e. The standard InChI is InChI=1S/C28H25N5O/c1-17-16-29-11-9-23(17)28-10-8-22(33-28)13-20-5-4-18(30-20)12-19-6-7-21(31-19)14-24-26(34)27(2,3)25(15-28)32-24/h4-16,24,30,32H,1-3H3. The lowest BCUT2D eigenvalue weighted by Gasteiger charge is -2.26. The van der Waals surface area contributed by atoms with Crippen LogP contribution >= 0.6 is 0 Å². The molecular formula is C28H25N5O. The van der Waals surface area contributed by atoms with Crippen LogP contribution in [0, 0.1) is 12.3 Å². The number of aromatic nitrogens is 2. The van der Waals surface area contributed by atoms with Gasteiger partial charge in [-0.2, -0.15) is 0 Å². The van der Waals surface area contributed by atoms with E-state index in [1.54, 1.807) is 6.20 Å². The topological polar surface area (TPSA) is 82.5 Å². The minimum absolute atomic E-state index is 0.115. The van der Waals surface area contributed by atoms with Crippen LogP contribution < -0.4 is 16.0 Å². The zero-order valence-corrected chi connectivity index (χ0v) is 19.3. The van der Waals surface area contributed by atoms with Crippen LogP contribution in [0.3, 0.4) is 0 Å². The number of rotatable bonds is 1. The molecule has 6 heteroatoms. The van der Waals surface area contributed by atoms with E-state index in [1.165, 1.54) is 0 Å². The number of nitrogens with one attached hydrogen (secondary N) is 2. The van der Waals surface area contributed by atoms with E-state index in [2.05, 4.69) is 27.4 Å². The fraction of sp³-hybridized carbons (Fsp3) is 0.214. The van der Waals surface area contributed by atoms with Crippen molar-refractivity contribution < 1.29 is 4.79 Å². The van der Waals surface area contributed by atoms with E-state index in [-0.39, 0.29) is 5.78 Å². The summed E-state index contributed by atoms with van der Waals surface area (Å²) in [6, 6.07) is 5.62. The molecule has 0 spiro atoms. The molecule has 168 valence electrons. The number of H-pyrrole nitrogens is 1. The van der Waals surface area contributed by atoms with Crippen molar-refractivity contribution in [3.05, 3.63) is 100 Å².